The van der Waals surface area contributed by atoms with Gasteiger partial charge in [0.05, 0.1) is 5.41 Å². The molecular weight excluding hydrogens is 300 g/mol. The van der Waals surface area contributed by atoms with Crippen molar-refractivity contribution in [3.63, 3.8) is 0 Å². The smallest absolute Gasteiger partial charge is 0.226 e. The number of nitrogens with one attached hydrogen (secondary N) is 2. The van der Waals surface area contributed by atoms with Crippen LogP contribution in [0.4, 0.5) is 0 Å². The molecule has 1 fully saturated rings. The summed E-state index contributed by atoms with van der Waals surface area (Å²) in [6.07, 6.45) is 2.48. The third kappa shape index (κ3) is 3.95. The molecule has 4 heteroatoms. The van der Waals surface area contributed by atoms with Crippen molar-refractivity contribution >= 4 is 5.91 Å². The maximum absolute atomic E-state index is 13.0. The van der Waals surface area contributed by atoms with Gasteiger partial charge in [-0.05, 0) is 55.6 Å². The minimum absolute atomic E-state index is 0.126. The summed E-state index contributed by atoms with van der Waals surface area (Å²) < 4.78 is 0. The third-order valence-electron chi connectivity index (χ3n) is 4.82. The molecule has 0 aliphatic carbocycles. The second-order valence-corrected chi connectivity index (χ2v) is 6.54. The van der Waals surface area contributed by atoms with E-state index in [2.05, 4.69) is 22.8 Å². The Bertz CT molecular complexity index is 662. The first-order chi connectivity index (χ1) is 11.7. The second kappa shape index (κ2) is 7.49. The molecule has 0 unspecified atom stereocenters. The molecule has 0 saturated carbocycles. The maximum Gasteiger partial charge on any atom is 0.226 e. The van der Waals surface area contributed by atoms with E-state index in [0.29, 0.717) is 6.54 Å². The van der Waals surface area contributed by atoms with E-state index < -0.39 is 0 Å². The number of amides is 1. The summed E-state index contributed by atoms with van der Waals surface area (Å²) in [6, 6.07) is 17.2. The Labute approximate surface area is 142 Å². The van der Waals surface area contributed by atoms with Crippen molar-refractivity contribution in [2.45, 2.75) is 25.8 Å². The van der Waals surface area contributed by atoms with E-state index in [9.17, 15) is 9.90 Å². The van der Waals surface area contributed by atoms with E-state index >= 15 is 0 Å². The molecule has 126 valence electrons. The van der Waals surface area contributed by atoms with Gasteiger partial charge in [-0.3, -0.25) is 4.79 Å². The van der Waals surface area contributed by atoms with E-state index in [4.69, 9.17) is 0 Å². The van der Waals surface area contributed by atoms with Gasteiger partial charge in [0.2, 0.25) is 5.91 Å². The standard InChI is InChI=1S/C20H24N2O2/c23-18-8-6-17(7-9-18)15-22-19(24)20(10-12-21-13-11-20)14-16-4-2-1-3-5-16/h1-9,21,23H,10-15H2,(H,22,24). The summed E-state index contributed by atoms with van der Waals surface area (Å²) in [5.41, 5.74) is 1.85. The van der Waals surface area contributed by atoms with Crippen LogP contribution in [0, 0.1) is 5.41 Å². The lowest BCUT2D eigenvalue weighted by atomic mass is 9.73. The maximum atomic E-state index is 13.0. The Hall–Kier alpha value is -2.33. The number of carbonyl (C=O) groups excluding carboxylic acids is 1. The Kier molecular flexibility index (Phi) is 5.16. The monoisotopic (exact) mass is 324 g/mol. The lowest BCUT2D eigenvalue weighted by molar-refractivity contribution is -0.132. The van der Waals surface area contributed by atoms with Crippen molar-refractivity contribution < 1.29 is 9.90 Å². The topological polar surface area (TPSA) is 61.4 Å². The zero-order chi connectivity index (χ0) is 16.8. The van der Waals surface area contributed by atoms with Crippen molar-refractivity contribution in [3.05, 3.63) is 65.7 Å². The van der Waals surface area contributed by atoms with Crippen molar-refractivity contribution in [3.8, 4) is 5.75 Å². The van der Waals surface area contributed by atoms with E-state index in [-0.39, 0.29) is 17.1 Å². The van der Waals surface area contributed by atoms with Crippen LogP contribution in [0.1, 0.15) is 24.0 Å². The first-order valence-corrected chi connectivity index (χ1v) is 8.49. The van der Waals surface area contributed by atoms with Gasteiger partial charge in [0.25, 0.3) is 0 Å². The first kappa shape index (κ1) is 16.5. The number of hydrogen-bond donors (Lipinski definition) is 3. The molecule has 2 aromatic carbocycles. The molecule has 4 nitrogen and oxygen atoms in total. The minimum Gasteiger partial charge on any atom is -0.508 e. The molecular formula is C20H24N2O2. The minimum atomic E-state index is -0.344. The fourth-order valence-corrected chi connectivity index (χ4v) is 3.36. The molecule has 0 atom stereocenters. The van der Waals surface area contributed by atoms with Gasteiger partial charge in [0.1, 0.15) is 5.75 Å². The highest BCUT2D eigenvalue weighted by molar-refractivity contribution is 5.83. The highest BCUT2D eigenvalue weighted by atomic mass is 16.3. The van der Waals surface area contributed by atoms with Gasteiger partial charge in [-0.1, -0.05) is 42.5 Å². The lowest BCUT2D eigenvalue weighted by Gasteiger charge is -2.36. The average molecular weight is 324 g/mol. The first-order valence-electron chi connectivity index (χ1n) is 8.49. The van der Waals surface area contributed by atoms with Crippen LogP contribution in [0.5, 0.6) is 5.75 Å². The van der Waals surface area contributed by atoms with Crippen molar-refractivity contribution in [2.75, 3.05) is 13.1 Å². The number of piperidine rings is 1. The normalized spacial score (nSPS) is 16.5. The molecule has 0 spiro atoms. The van der Waals surface area contributed by atoms with E-state index in [1.165, 1.54) is 5.56 Å². The number of carbonyl (C=O) groups is 1. The lowest BCUT2D eigenvalue weighted by Crippen LogP contribution is -2.48. The number of aromatic hydroxyl groups is 1. The predicted octanol–water partition coefficient (Wildman–Crippen LogP) is 2.62. The van der Waals surface area contributed by atoms with Gasteiger partial charge in [-0.15, -0.1) is 0 Å². The quantitative estimate of drug-likeness (QED) is 0.792. The molecule has 0 aromatic heterocycles. The fourth-order valence-electron chi connectivity index (χ4n) is 3.36. The second-order valence-electron chi connectivity index (χ2n) is 6.54. The zero-order valence-electron chi connectivity index (χ0n) is 13.8. The third-order valence-corrected chi connectivity index (χ3v) is 4.82. The molecule has 1 aliphatic rings. The average Bonchev–Trinajstić information content (AvgIpc) is 2.62. The molecule has 24 heavy (non-hydrogen) atoms. The van der Waals surface area contributed by atoms with Crippen LogP contribution in [0.2, 0.25) is 0 Å². The molecule has 3 rings (SSSR count). The van der Waals surface area contributed by atoms with Gasteiger partial charge >= 0.3 is 0 Å². The van der Waals surface area contributed by atoms with Crippen LogP contribution < -0.4 is 10.6 Å². The molecule has 1 saturated heterocycles. The molecule has 3 N–H and O–H groups in total. The summed E-state index contributed by atoms with van der Waals surface area (Å²) in [4.78, 5) is 13.0. The van der Waals surface area contributed by atoms with Gasteiger partial charge in [0.15, 0.2) is 0 Å². The number of phenols is 1. The molecule has 1 amide bonds. The Morgan fingerprint density at radius 2 is 1.67 bits per heavy atom. The van der Waals surface area contributed by atoms with Crippen LogP contribution in [0.25, 0.3) is 0 Å². The van der Waals surface area contributed by atoms with Gasteiger partial charge in [-0.25, -0.2) is 0 Å². The zero-order valence-corrected chi connectivity index (χ0v) is 13.8. The Morgan fingerprint density at radius 3 is 2.33 bits per heavy atom. The summed E-state index contributed by atoms with van der Waals surface area (Å²) in [6.45, 7) is 2.24. The largest absolute Gasteiger partial charge is 0.508 e. The fraction of sp³-hybridized carbons (Fsp3) is 0.350. The van der Waals surface area contributed by atoms with E-state index in [0.717, 1.165) is 37.9 Å². The summed E-state index contributed by atoms with van der Waals surface area (Å²) >= 11 is 0. The number of hydrogen-bond acceptors (Lipinski definition) is 3. The number of rotatable bonds is 5. The number of benzene rings is 2. The van der Waals surface area contributed by atoms with E-state index in [1.807, 2.05) is 30.3 Å². The highest BCUT2D eigenvalue weighted by Crippen LogP contribution is 2.33. The van der Waals surface area contributed by atoms with Crippen molar-refractivity contribution in [1.82, 2.24) is 10.6 Å². The van der Waals surface area contributed by atoms with Crippen LogP contribution in [-0.4, -0.2) is 24.1 Å². The summed E-state index contributed by atoms with van der Waals surface area (Å²) in [5, 5.41) is 15.8. The van der Waals surface area contributed by atoms with Gasteiger partial charge in [-0.2, -0.15) is 0 Å². The SMILES string of the molecule is O=C(NCc1ccc(O)cc1)C1(Cc2ccccc2)CCNCC1. The molecule has 1 heterocycles. The molecule has 2 aromatic rings. The van der Waals surface area contributed by atoms with Crippen LogP contribution in [0.3, 0.4) is 0 Å². The van der Waals surface area contributed by atoms with Gasteiger partial charge < -0.3 is 15.7 Å². The summed E-state index contributed by atoms with van der Waals surface area (Å²) in [5.74, 6) is 0.366. The molecule has 1 aliphatic heterocycles. The van der Waals surface area contributed by atoms with Crippen molar-refractivity contribution in [2.24, 2.45) is 5.41 Å². The van der Waals surface area contributed by atoms with Crippen molar-refractivity contribution in [1.29, 1.82) is 0 Å². The predicted molar refractivity (Wildman–Crippen MR) is 94.6 cm³/mol. The molecule has 0 radical (unpaired) electrons. The Balaban J connectivity index is 1.70. The highest BCUT2D eigenvalue weighted by Gasteiger charge is 2.39. The number of phenolic OH excluding ortho intramolecular Hbond substituents is 1. The van der Waals surface area contributed by atoms with Crippen LogP contribution in [0.15, 0.2) is 54.6 Å². The molecule has 0 bridgehead atoms. The summed E-state index contributed by atoms with van der Waals surface area (Å²) in [7, 11) is 0. The van der Waals surface area contributed by atoms with E-state index in [1.54, 1.807) is 12.1 Å². The van der Waals surface area contributed by atoms with Crippen LogP contribution in [-0.2, 0) is 17.8 Å². The Morgan fingerprint density at radius 1 is 1.00 bits per heavy atom. The van der Waals surface area contributed by atoms with Gasteiger partial charge in [0, 0.05) is 6.54 Å². The van der Waals surface area contributed by atoms with Crippen LogP contribution >= 0.6 is 0 Å².